The zero-order valence-corrected chi connectivity index (χ0v) is 11.7. The maximum atomic E-state index is 6.10. The van der Waals surface area contributed by atoms with Gasteiger partial charge in [-0.3, -0.25) is 0 Å². The number of hydrogen-bond donors (Lipinski definition) is 1. The fourth-order valence-corrected chi connectivity index (χ4v) is 2.09. The largest absolute Gasteiger partial charge is 0.398 e. The van der Waals surface area contributed by atoms with E-state index < -0.39 is 0 Å². The minimum atomic E-state index is 0.800. The van der Waals surface area contributed by atoms with Crippen molar-refractivity contribution in [3.63, 3.8) is 0 Å². The van der Waals surface area contributed by atoms with Gasteiger partial charge < -0.3 is 5.73 Å². The van der Waals surface area contributed by atoms with Gasteiger partial charge >= 0.3 is 0 Å². The number of anilines is 1. The number of para-hydroxylation sites is 1. The Hall–Kier alpha value is -2.54. The van der Waals surface area contributed by atoms with E-state index in [1.165, 1.54) is 5.56 Å². The number of aryl methyl sites for hydroxylation is 1. The van der Waals surface area contributed by atoms with Crippen LogP contribution in [0.25, 0.3) is 17.2 Å². The van der Waals surface area contributed by atoms with E-state index in [0.717, 1.165) is 22.4 Å². The summed E-state index contributed by atoms with van der Waals surface area (Å²) in [6.07, 6.45) is 9.72. The van der Waals surface area contributed by atoms with Crippen LogP contribution in [-0.4, -0.2) is 0 Å². The molecular formula is C19H19N. The molecule has 0 saturated heterocycles. The molecule has 2 aromatic rings. The summed E-state index contributed by atoms with van der Waals surface area (Å²) in [6, 6.07) is 14.4. The molecule has 0 spiro atoms. The number of rotatable bonds is 4. The maximum Gasteiger partial charge on any atom is 0.0393 e. The van der Waals surface area contributed by atoms with Gasteiger partial charge in [0.15, 0.2) is 0 Å². The average molecular weight is 261 g/mol. The highest BCUT2D eigenvalue weighted by Crippen LogP contribution is 2.30. The fraction of sp³-hybridized carbons (Fsp3) is 0.0526. The molecule has 0 bridgehead atoms. The van der Waals surface area contributed by atoms with E-state index in [2.05, 4.69) is 43.8 Å². The van der Waals surface area contributed by atoms with Crippen molar-refractivity contribution in [1.82, 2.24) is 0 Å². The van der Waals surface area contributed by atoms with E-state index in [0.29, 0.717) is 0 Å². The molecule has 0 atom stereocenters. The summed E-state index contributed by atoms with van der Waals surface area (Å²) < 4.78 is 0. The Bertz CT molecular complexity index is 663. The van der Waals surface area contributed by atoms with Crippen molar-refractivity contribution in [3.8, 4) is 11.1 Å². The Balaban J connectivity index is 2.49. The molecule has 0 unspecified atom stereocenters. The molecule has 0 heterocycles. The number of nitrogen functional groups attached to an aromatic ring is 1. The lowest BCUT2D eigenvalue weighted by Crippen LogP contribution is -1.92. The summed E-state index contributed by atoms with van der Waals surface area (Å²) in [7, 11) is 0. The fourth-order valence-electron chi connectivity index (χ4n) is 2.09. The number of benzene rings is 2. The van der Waals surface area contributed by atoms with Gasteiger partial charge in [0.1, 0.15) is 0 Å². The predicted octanol–water partition coefficient (Wildman–Crippen LogP) is 5.00. The number of nitrogens with two attached hydrogens (primary N) is 1. The second kappa shape index (κ2) is 6.58. The van der Waals surface area contributed by atoms with E-state index in [1.54, 1.807) is 6.08 Å². The molecule has 0 radical (unpaired) electrons. The molecule has 1 heteroatoms. The smallest absolute Gasteiger partial charge is 0.0393 e. The lowest BCUT2D eigenvalue weighted by molar-refractivity contribution is 1.45. The van der Waals surface area contributed by atoms with Crippen molar-refractivity contribution in [3.05, 3.63) is 84.5 Å². The van der Waals surface area contributed by atoms with Gasteiger partial charge in [-0.15, -0.1) is 0 Å². The third-order valence-electron chi connectivity index (χ3n) is 3.09. The molecule has 20 heavy (non-hydrogen) atoms. The highest BCUT2D eigenvalue weighted by molar-refractivity contribution is 5.83. The van der Waals surface area contributed by atoms with Gasteiger partial charge in [-0.25, -0.2) is 0 Å². The van der Waals surface area contributed by atoms with E-state index in [-0.39, 0.29) is 0 Å². The summed E-state index contributed by atoms with van der Waals surface area (Å²) in [6.45, 7) is 5.75. The van der Waals surface area contributed by atoms with Crippen LogP contribution >= 0.6 is 0 Å². The first-order valence-corrected chi connectivity index (χ1v) is 6.63. The molecule has 0 saturated carbocycles. The van der Waals surface area contributed by atoms with Gasteiger partial charge in [-0.1, -0.05) is 78.9 Å². The lowest BCUT2D eigenvalue weighted by Gasteiger charge is -2.10. The molecule has 0 aliphatic carbocycles. The van der Waals surface area contributed by atoms with Gasteiger partial charge in [0, 0.05) is 11.3 Å². The maximum absolute atomic E-state index is 6.10. The number of allylic oxidation sites excluding steroid dienone is 4. The first-order valence-electron chi connectivity index (χ1n) is 6.63. The van der Waals surface area contributed by atoms with Crippen LogP contribution in [0, 0.1) is 6.92 Å². The van der Waals surface area contributed by atoms with Crippen molar-refractivity contribution < 1.29 is 0 Å². The normalized spacial score (nSPS) is 11.2. The van der Waals surface area contributed by atoms with Crippen molar-refractivity contribution in [2.45, 2.75) is 6.92 Å². The Kier molecular flexibility index (Phi) is 4.56. The van der Waals surface area contributed by atoms with Crippen LogP contribution < -0.4 is 5.73 Å². The van der Waals surface area contributed by atoms with E-state index in [9.17, 15) is 0 Å². The Morgan fingerprint density at radius 2 is 1.75 bits per heavy atom. The van der Waals surface area contributed by atoms with Crippen LogP contribution in [0.4, 0.5) is 5.69 Å². The first-order chi connectivity index (χ1) is 9.72. The third kappa shape index (κ3) is 3.27. The van der Waals surface area contributed by atoms with Gasteiger partial charge in [-0.2, -0.15) is 0 Å². The van der Waals surface area contributed by atoms with Crippen molar-refractivity contribution in [2.75, 3.05) is 5.73 Å². The van der Waals surface area contributed by atoms with E-state index in [1.807, 2.05) is 36.4 Å². The first kappa shape index (κ1) is 13.9. The minimum absolute atomic E-state index is 0.800. The van der Waals surface area contributed by atoms with E-state index in [4.69, 9.17) is 5.73 Å². The molecule has 1 nitrogen and oxygen atoms in total. The molecule has 2 N–H and O–H groups in total. The van der Waals surface area contributed by atoms with Crippen molar-refractivity contribution in [1.29, 1.82) is 0 Å². The third-order valence-corrected chi connectivity index (χ3v) is 3.09. The minimum Gasteiger partial charge on any atom is -0.398 e. The SMILES string of the molecule is C=C/C=C\C=C/c1ccc(C)cc1-c1ccccc1N. The zero-order valence-electron chi connectivity index (χ0n) is 11.7. The summed E-state index contributed by atoms with van der Waals surface area (Å²) in [5, 5.41) is 0. The van der Waals surface area contributed by atoms with Gasteiger partial charge in [0.05, 0.1) is 0 Å². The lowest BCUT2D eigenvalue weighted by atomic mass is 9.96. The second-order valence-electron chi connectivity index (χ2n) is 4.66. The van der Waals surface area contributed by atoms with Crippen LogP contribution in [0.5, 0.6) is 0 Å². The molecule has 2 aromatic carbocycles. The van der Waals surface area contributed by atoms with Crippen LogP contribution in [0.3, 0.4) is 0 Å². The van der Waals surface area contributed by atoms with E-state index >= 15 is 0 Å². The summed E-state index contributed by atoms with van der Waals surface area (Å²) in [5.74, 6) is 0. The Morgan fingerprint density at radius 3 is 2.50 bits per heavy atom. The van der Waals surface area contributed by atoms with Gasteiger partial charge in [0.2, 0.25) is 0 Å². The zero-order chi connectivity index (χ0) is 14.4. The monoisotopic (exact) mass is 261 g/mol. The molecule has 2 rings (SSSR count). The average Bonchev–Trinajstić information content (AvgIpc) is 2.45. The van der Waals surface area contributed by atoms with Crippen LogP contribution in [0.1, 0.15) is 11.1 Å². The van der Waals surface area contributed by atoms with Crippen LogP contribution in [0.15, 0.2) is 73.3 Å². The van der Waals surface area contributed by atoms with Crippen LogP contribution in [0.2, 0.25) is 0 Å². The van der Waals surface area contributed by atoms with Crippen molar-refractivity contribution in [2.24, 2.45) is 0 Å². The predicted molar refractivity (Wildman–Crippen MR) is 89.4 cm³/mol. The second-order valence-corrected chi connectivity index (χ2v) is 4.66. The standard InChI is InChI=1S/C19H19N/c1-3-4-5-6-9-16-13-12-15(2)14-18(16)17-10-7-8-11-19(17)20/h3-14H,1,20H2,2H3/b5-4-,9-6-. The number of hydrogen-bond acceptors (Lipinski definition) is 1. The Morgan fingerprint density at radius 1 is 0.950 bits per heavy atom. The molecule has 0 fully saturated rings. The molecule has 0 aromatic heterocycles. The molecular weight excluding hydrogens is 242 g/mol. The van der Waals surface area contributed by atoms with Crippen LogP contribution in [-0.2, 0) is 0 Å². The molecule has 0 aliphatic heterocycles. The molecule has 0 aliphatic rings. The molecule has 0 amide bonds. The highest BCUT2D eigenvalue weighted by Gasteiger charge is 2.06. The summed E-state index contributed by atoms with van der Waals surface area (Å²) in [4.78, 5) is 0. The van der Waals surface area contributed by atoms with Gasteiger partial charge in [-0.05, 0) is 24.1 Å². The highest BCUT2D eigenvalue weighted by atomic mass is 14.6. The van der Waals surface area contributed by atoms with Gasteiger partial charge in [0.25, 0.3) is 0 Å². The van der Waals surface area contributed by atoms with Crippen molar-refractivity contribution >= 4 is 11.8 Å². The summed E-state index contributed by atoms with van der Waals surface area (Å²) >= 11 is 0. The topological polar surface area (TPSA) is 26.0 Å². The quantitative estimate of drug-likeness (QED) is 0.608. The summed E-state index contributed by atoms with van der Waals surface area (Å²) in [5.41, 5.74) is 11.5. The molecule has 100 valence electrons. The Labute approximate surface area is 120 Å².